The lowest BCUT2D eigenvalue weighted by Gasteiger charge is -1.98. The molecular formula is C10H8NOS. The molecule has 0 aliphatic rings. The van der Waals surface area contributed by atoms with Crippen LogP contribution in [0.2, 0.25) is 0 Å². The van der Waals surface area contributed by atoms with Crippen LogP contribution < -0.4 is 4.74 Å². The van der Waals surface area contributed by atoms with Crippen LogP contribution in [0.5, 0.6) is 10.9 Å². The van der Waals surface area contributed by atoms with Crippen molar-refractivity contribution >= 4 is 11.3 Å². The molecule has 0 fully saturated rings. The molecule has 0 saturated carbocycles. The van der Waals surface area contributed by atoms with Crippen LogP contribution in [0, 0.1) is 6.92 Å². The van der Waals surface area contributed by atoms with Gasteiger partial charge in [0.05, 0.1) is 0 Å². The maximum atomic E-state index is 5.47. The number of thiazole rings is 1. The molecule has 0 amide bonds. The number of hydrogen-bond donors (Lipinski definition) is 0. The van der Waals surface area contributed by atoms with Crippen molar-refractivity contribution in [3.63, 3.8) is 0 Å². The summed E-state index contributed by atoms with van der Waals surface area (Å²) in [6.45, 7) is 3.76. The summed E-state index contributed by atoms with van der Waals surface area (Å²) in [5, 5.41) is 0.635. The first kappa shape index (κ1) is 8.26. The Morgan fingerprint density at radius 3 is 2.62 bits per heavy atom. The average molecular weight is 190 g/mol. The Morgan fingerprint density at radius 1 is 1.23 bits per heavy atom. The zero-order chi connectivity index (χ0) is 9.10. The molecule has 0 aliphatic carbocycles. The number of ether oxygens (including phenoxy) is 1. The molecule has 2 nitrogen and oxygen atoms in total. The van der Waals surface area contributed by atoms with E-state index in [1.165, 1.54) is 11.3 Å². The number of benzene rings is 1. The predicted octanol–water partition coefficient (Wildman–Crippen LogP) is 3.12. The van der Waals surface area contributed by atoms with Crippen LogP contribution in [0.25, 0.3) is 0 Å². The third kappa shape index (κ3) is 2.06. The highest BCUT2D eigenvalue weighted by Crippen LogP contribution is 2.25. The first-order valence-corrected chi connectivity index (χ1v) is 4.67. The van der Waals surface area contributed by atoms with E-state index in [4.69, 9.17) is 4.74 Å². The summed E-state index contributed by atoms with van der Waals surface area (Å²) in [5.41, 5.74) is 0. The molecule has 0 bridgehead atoms. The molecule has 2 aromatic rings. The van der Waals surface area contributed by atoms with Gasteiger partial charge in [-0.15, -0.1) is 0 Å². The minimum Gasteiger partial charge on any atom is -0.431 e. The van der Waals surface area contributed by atoms with Gasteiger partial charge in [0.25, 0.3) is 5.19 Å². The Morgan fingerprint density at radius 2 is 2.00 bits per heavy atom. The fourth-order valence-electron chi connectivity index (χ4n) is 0.926. The summed E-state index contributed by atoms with van der Waals surface area (Å²) in [5.74, 6) is 0.803. The number of aromatic nitrogens is 1. The standard InChI is InChI=1S/C10H8NOS/c1-8-7-11-10(13-8)12-9-5-3-2-4-6-9/h2-7H,1H2. The minimum absolute atomic E-state index is 0.635. The molecule has 2 rings (SSSR count). The van der Waals surface area contributed by atoms with E-state index in [0.29, 0.717) is 5.19 Å². The Labute approximate surface area is 80.8 Å². The average Bonchev–Trinajstić information content (AvgIpc) is 2.53. The summed E-state index contributed by atoms with van der Waals surface area (Å²) < 4.78 is 5.47. The second-order valence-electron chi connectivity index (χ2n) is 2.51. The van der Waals surface area contributed by atoms with Crippen LogP contribution in [0.15, 0.2) is 36.5 Å². The summed E-state index contributed by atoms with van der Waals surface area (Å²) in [6.07, 6.45) is 1.70. The van der Waals surface area contributed by atoms with E-state index in [2.05, 4.69) is 11.9 Å². The molecule has 3 heteroatoms. The fourth-order valence-corrected chi connectivity index (χ4v) is 1.50. The van der Waals surface area contributed by atoms with Gasteiger partial charge in [0.1, 0.15) is 5.75 Å². The lowest BCUT2D eigenvalue weighted by molar-refractivity contribution is 0.479. The van der Waals surface area contributed by atoms with Gasteiger partial charge in [0.2, 0.25) is 0 Å². The largest absolute Gasteiger partial charge is 0.431 e. The number of para-hydroxylation sites is 1. The van der Waals surface area contributed by atoms with E-state index in [1.54, 1.807) is 6.20 Å². The van der Waals surface area contributed by atoms with Gasteiger partial charge in [0, 0.05) is 11.1 Å². The molecular weight excluding hydrogens is 182 g/mol. The van der Waals surface area contributed by atoms with Crippen molar-refractivity contribution in [2.24, 2.45) is 0 Å². The van der Waals surface area contributed by atoms with Gasteiger partial charge in [-0.05, 0) is 19.1 Å². The van der Waals surface area contributed by atoms with Crippen molar-refractivity contribution in [1.82, 2.24) is 4.98 Å². The summed E-state index contributed by atoms with van der Waals surface area (Å²) in [4.78, 5) is 4.95. The predicted molar refractivity (Wildman–Crippen MR) is 53.1 cm³/mol. The van der Waals surface area contributed by atoms with E-state index in [1.807, 2.05) is 30.3 Å². The van der Waals surface area contributed by atoms with Gasteiger partial charge in [-0.2, -0.15) is 0 Å². The number of rotatable bonds is 2. The Balaban J connectivity index is 2.15. The molecule has 65 valence electrons. The van der Waals surface area contributed by atoms with Crippen molar-refractivity contribution in [1.29, 1.82) is 0 Å². The SMILES string of the molecule is [CH2]c1cnc(Oc2ccccc2)s1. The molecule has 1 heterocycles. The Bertz CT molecular complexity index is 383. The number of hydrogen-bond acceptors (Lipinski definition) is 3. The molecule has 1 aromatic heterocycles. The minimum atomic E-state index is 0.635. The molecule has 13 heavy (non-hydrogen) atoms. The quantitative estimate of drug-likeness (QED) is 0.725. The molecule has 0 aliphatic heterocycles. The van der Waals surface area contributed by atoms with Crippen LogP contribution in [-0.4, -0.2) is 4.98 Å². The van der Waals surface area contributed by atoms with Crippen LogP contribution in [0.3, 0.4) is 0 Å². The van der Waals surface area contributed by atoms with Crippen LogP contribution in [0.1, 0.15) is 4.88 Å². The van der Waals surface area contributed by atoms with Gasteiger partial charge >= 0.3 is 0 Å². The monoisotopic (exact) mass is 190 g/mol. The van der Waals surface area contributed by atoms with Gasteiger partial charge < -0.3 is 4.74 Å². The molecule has 1 aromatic carbocycles. The van der Waals surface area contributed by atoms with E-state index in [-0.39, 0.29) is 0 Å². The molecule has 0 unspecified atom stereocenters. The third-order valence-electron chi connectivity index (χ3n) is 1.48. The van der Waals surface area contributed by atoms with Crippen molar-refractivity contribution in [3.05, 3.63) is 48.3 Å². The Kier molecular flexibility index (Phi) is 2.27. The summed E-state index contributed by atoms with van der Waals surface area (Å²) in [6, 6.07) is 9.58. The topological polar surface area (TPSA) is 22.1 Å². The van der Waals surface area contributed by atoms with Crippen LogP contribution >= 0.6 is 11.3 Å². The fraction of sp³-hybridized carbons (Fsp3) is 0. The van der Waals surface area contributed by atoms with Gasteiger partial charge in [-0.3, -0.25) is 0 Å². The van der Waals surface area contributed by atoms with Crippen molar-refractivity contribution in [2.45, 2.75) is 0 Å². The molecule has 0 atom stereocenters. The van der Waals surface area contributed by atoms with Crippen molar-refractivity contribution in [3.8, 4) is 10.9 Å². The molecule has 0 N–H and O–H groups in total. The second-order valence-corrected chi connectivity index (χ2v) is 3.59. The van der Waals surface area contributed by atoms with E-state index in [0.717, 1.165) is 10.6 Å². The van der Waals surface area contributed by atoms with Crippen LogP contribution in [0.4, 0.5) is 0 Å². The van der Waals surface area contributed by atoms with Gasteiger partial charge in [-0.1, -0.05) is 29.5 Å². The lowest BCUT2D eigenvalue weighted by Crippen LogP contribution is -1.80. The zero-order valence-corrected chi connectivity index (χ0v) is 7.75. The molecule has 0 saturated heterocycles. The molecule has 0 spiro atoms. The second kappa shape index (κ2) is 3.58. The highest BCUT2D eigenvalue weighted by molar-refractivity contribution is 7.13. The van der Waals surface area contributed by atoms with Gasteiger partial charge in [-0.25, -0.2) is 4.98 Å². The molecule has 1 radical (unpaired) electrons. The zero-order valence-electron chi connectivity index (χ0n) is 6.93. The van der Waals surface area contributed by atoms with Crippen LogP contribution in [-0.2, 0) is 0 Å². The lowest BCUT2D eigenvalue weighted by atomic mass is 10.3. The van der Waals surface area contributed by atoms with E-state index >= 15 is 0 Å². The van der Waals surface area contributed by atoms with Crippen molar-refractivity contribution in [2.75, 3.05) is 0 Å². The first-order chi connectivity index (χ1) is 6.34. The van der Waals surface area contributed by atoms with E-state index in [9.17, 15) is 0 Å². The van der Waals surface area contributed by atoms with E-state index < -0.39 is 0 Å². The maximum Gasteiger partial charge on any atom is 0.278 e. The third-order valence-corrected chi connectivity index (χ3v) is 2.21. The summed E-state index contributed by atoms with van der Waals surface area (Å²) in [7, 11) is 0. The Hall–Kier alpha value is -1.35. The maximum absolute atomic E-state index is 5.47. The van der Waals surface area contributed by atoms with Gasteiger partial charge in [0.15, 0.2) is 0 Å². The normalized spacial score (nSPS) is 9.92. The summed E-state index contributed by atoms with van der Waals surface area (Å²) >= 11 is 1.44. The highest BCUT2D eigenvalue weighted by Gasteiger charge is 1.99. The smallest absolute Gasteiger partial charge is 0.278 e. The number of nitrogens with zero attached hydrogens (tertiary/aromatic N) is 1. The highest BCUT2D eigenvalue weighted by atomic mass is 32.1. The van der Waals surface area contributed by atoms with Crippen molar-refractivity contribution < 1.29 is 4.74 Å². The first-order valence-electron chi connectivity index (χ1n) is 3.85.